The second kappa shape index (κ2) is 4.61. The van der Waals surface area contributed by atoms with Crippen LogP contribution in [0.3, 0.4) is 0 Å². The number of carbonyl (C=O) groups is 1. The van der Waals surface area contributed by atoms with Gasteiger partial charge in [-0.1, -0.05) is 6.92 Å². The number of hydrogen-bond acceptors (Lipinski definition) is 3. The van der Waals surface area contributed by atoms with E-state index in [1.165, 1.54) is 12.8 Å². The molecule has 1 aromatic rings. The molecule has 0 aromatic carbocycles. The molecule has 4 heteroatoms. The number of hydrogen-bond donors (Lipinski definition) is 1. The van der Waals surface area contributed by atoms with Gasteiger partial charge in [0.05, 0.1) is 0 Å². The summed E-state index contributed by atoms with van der Waals surface area (Å²) in [4.78, 5) is 17.0. The fourth-order valence-corrected chi connectivity index (χ4v) is 1.86. The van der Waals surface area contributed by atoms with Crippen LogP contribution in [-0.2, 0) is 6.54 Å². The molecule has 1 aliphatic rings. The van der Waals surface area contributed by atoms with Crippen molar-refractivity contribution in [3.8, 4) is 0 Å². The van der Waals surface area contributed by atoms with Gasteiger partial charge in [0, 0.05) is 18.8 Å². The molecule has 4 nitrogen and oxygen atoms in total. The highest BCUT2D eigenvalue weighted by molar-refractivity contribution is 5.85. The molecule has 0 aliphatic heterocycles. The van der Waals surface area contributed by atoms with Crippen molar-refractivity contribution in [1.82, 2.24) is 9.88 Å². The lowest BCUT2D eigenvalue weighted by atomic mass is 10.2. The number of carboxylic acids is 1. The normalized spacial score (nSPS) is 15.4. The maximum absolute atomic E-state index is 10.8. The smallest absolute Gasteiger partial charge is 0.354 e. The quantitative estimate of drug-likeness (QED) is 0.821. The Balaban J connectivity index is 2.07. The number of nitrogens with zero attached hydrogens (tertiary/aromatic N) is 2. The van der Waals surface area contributed by atoms with Gasteiger partial charge in [-0.15, -0.1) is 0 Å². The molecular formula is C12H16N2O2. The third kappa shape index (κ3) is 2.58. The summed E-state index contributed by atoms with van der Waals surface area (Å²) < 4.78 is 0. The van der Waals surface area contributed by atoms with Crippen molar-refractivity contribution in [3.63, 3.8) is 0 Å². The first-order chi connectivity index (χ1) is 7.70. The molecule has 1 fully saturated rings. The van der Waals surface area contributed by atoms with Crippen molar-refractivity contribution in [2.45, 2.75) is 32.4 Å². The van der Waals surface area contributed by atoms with Crippen LogP contribution in [0.5, 0.6) is 0 Å². The van der Waals surface area contributed by atoms with E-state index in [9.17, 15) is 4.79 Å². The molecular weight excluding hydrogens is 204 g/mol. The van der Waals surface area contributed by atoms with E-state index in [1.807, 2.05) is 6.07 Å². The van der Waals surface area contributed by atoms with Crippen LogP contribution in [0, 0.1) is 0 Å². The van der Waals surface area contributed by atoms with Crippen LogP contribution in [0.4, 0.5) is 0 Å². The maximum Gasteiger partial charge on any atom is 0.354 e. The first-order valence-electron chi connectivity index (χ1n) is 5.63. The van der Waals surface area contributed by atoms with Gasteiger partial charge in [-0.25, -0.2) is 9.78 Å². The zero-order valence-corrected chi connectivity index (χ0v) is 9.39. The average Bonchev–Trinajstić information content (AvgIpc) is 3.10. The standard InChI is InChI=1S/C12H16N2O2/c1-2-14(10-3-4-10)8-9-5-6-13-11(7-9)12(15)16/h5-7,10H,2-4,8H2,1H3,(H,15,16). The lowest BCUT2D eigenvalue weighted by Crippen LogP contribution is -2.25. The lowest BCUT2D eigenvalue weighted by Gasteiger charge is -2.19. The van der Waals surface area contributed by atoms with E-state index in [-0.39, 0.29) is 5.69 Å². The highest BCUT2D eigenvalue weighted by atomic mass is 16.4. The van der Waals surface area contributed by atoms with E-state index in [0.29, 0.717) is 6.04 Å². The van der Waals surface area contributed by atoms with Crippen molar-refractivity contribution < 1.29 is 9.90 Å². The van der Waals surface area contributed by atoms with Gasteiger partial charge in [-0.2, -0.15) is 0 Å². The van der Waals surface area contributed by atoms with E-state index in [0.717, 1.165) is 18.7 Å². The minimum Gasteiger partial charge on any atom is -0.477 e. The fraction of sp³-hybridized carbons (Fsp3) is 0.500. The van der Waals surface area contributed by atoms with E-state index < -0.39 is 5.97 Å². The Morgan fingerprint density at radius 3 is 2.94 bits per heavy atom. The van der Waals surface area contributed by atoms with Gasteiger partial charge in [0.1, 0.15) is 5.69 Å². The van der Waals surface area contributed by atoms with Gasteiger partial charge in [-0.3, -0.25) is 4.90 Å². The van der Waals surface area contributed by atoms with Gasteiger partial charge in [0.15, 0.2) is 0 Å². The highest BCUT2D eigenvalue weighted by Crippen LogP contribution is 2.27. The second-order valence-electron chi connectivity index (χ2n) is 4.15. The molecule has 0 bridgehead atoms. The Bertz CT molecular complexity index is 388. The summed E-state index contributed by atoms with van der Waals surface area (Å²) >= 11 is 0. The van der Waals surface area contributed by atoms with Crippen LogP contribution in [0.15, 0.2) is 18.3 Å². The molecule has 1 aliphatic carbocycles. The van der Waals surface area contributed by atoms with E-state index in [2.05, 4.69) is 16.8 Å². The summed E-state index contributed by atoms with van der Waals surface area (Å²) in [5, 5.41) is 8.85. The van der Waals surface area contributed by atoms with Crippen molar-refractivity contribution in [2.24, 2.45) is 0 Å². The molecule has 1 aromatic heterocycles. The monoisotopic (exact) mass is 220 g/mol. The van der Waals surface area contributed by atoms with Crippen LogP contribution in [0.25, 0.3) is 0 Å². The summed E-state index contributed by atoms with van der Waals surface area (Å²) in [6.45, 7) is 3.97. The molecule has 0 saturated heterocycles. The van der Waals surface area contributed by atoms with Gasteiger partial charge in [-0.05, 0) is 37.1 Å². The van der Waals surface area contributed by atoms with Crippen molar-refractivity contribution in [1.29, 1.82) is 0 Å². The summed E-state index contributed by atoms with van der Waals surface area (Å²) in [5.74, 6) is -0.962. The SMILES string of the molecule is CCN(Cc1ccnc(C(=O)O)c1)C1CC1. The maximum atomic E-state index is 10.8. The van der Waals surface area contributed by atoms with E-state index in [1.54, 1.807) is 12.3 Å². The third-order valence-corrected chi connectivity index (χ3v) is 2.90. The third-order valence-electron chi connectivity index (χ3n) is 2.90. The van der Waals surface area contributed by atoms with Gasteiger partial charge >= 0.3 is 5.97 Å². The van der Waals surface area contributed by atoms with Crippen molar-refractivity contribution in [2.75, 3.05) is 6.54 Å². The molecule has 16 heavy (non-hydrogen) atoms. The fourth-order valence-electron chi connectivity index (χ4n) is 1.86. The number of carboxylic acid groups (broad SMARTS) is 1. The number of aromatic nitrogens is 1. The number of pyridine rings is 1. The number of aromatic carboxylic acids is 1. The summed E-state index contributed by atoms with van der Waals surface area (Å²) in [7, 11) is 0. The molecule has 0 spiro atoms. The Labute approximate surface area is 94.9 Å². The van der Waals surface area contributed by atoms with Crippen molar-refractivity contribution in [3.05, 3.63) is 29.6 Å². The minimum atomic E-state index is -0.962. The van der Waals surface area contributed by atoms with Crippen molar-refractivity contribution >= 4 is 5.97 Å². The zero-order valence-electron chi connectivity index (χ0n) is 9.39. The molecule has 0 radical (unpaired) electrons. The van der Waals surface area contributed by atoms with Gasteiger partial charge < -0.3 is 5.11 Å². The van der Waals surface area contributed by atoms with Gasteiger partial charge in [0.25, 0.3) is 0 Å². The zero-order chi connectivity index (χ0) is 11.5. The summed E-state index contributed by atoms with van der Waals surface area (Å²) in [6, 6.07) is 4.25. The van der Waals surface area contributed by atoms with E-state index >= 15 is 0 Å². The minimum absolute atomic E-state index is 0.129. The highest BCUT2D eigenvalue weighted by Gasteiger charge is 2.27. The Kier molecular flexibility index (Phi) is 3.19. The molecule has 0 unspecified atom stereocenters. The first-order valence-corrected chi connectivity index (χ1v) is 5.63. The molecule has 0 amide bonds. The van der Waals surface area contributed by atoms with Crippen LogP contribution < -0.4 is 0 Å². The topological polar surface area (TPSA) is 53.4 Å². The molecule has 86 valence electrons. The predicted octanol–water partition coefficient (Wildman–Crippen LogP) is 1.76. The lowest BCUT2D eigenvalue weighted by molar-refractivity contribution is 0.0690. The van der Waals surface area contributed by atoms with Crippen LogP contribution in [0.2, 0.25) is 0 Å². The second-order valence-corrected chi connectivity index (χ2v) is 4.15. The summed E-state index contributed by atoms with van der Waals surface area (Å²) in [5.41, 5.74) is 1.16. The largest absolute Gasteiger partial charge is 0.477 e. The Morgan fingerprint density at radius 1 is 1.62 bits per heavy atom. The van der Waals surface area contributed by atoms with E-state index in [4.69, 9.17) is 5.11 Å². The predicted molar refractivity (Wildman–Crippen MR) is 60.3 cm³/mol. The first kappa shape index (κ1) is 11.1. The van der Waals surface area contributed by atoms with Crippen LogP contribution >= 0.6 is 0 Å². The summed E-state index contributed by atoms with van der Waals surface area (Å²) in [6.07, 6.45) is 4.11. The molecule has 1 saturated carbocycles. The molecule has 1 N–H and O–H groups in total. The van der Waals surface area contributed by atoms with Gasteiger partial charge in [0.2, 0.25) is 0 Å². The Hall–Kier alpha value is -1.42. The average molecular weight is 220 g/mol. The molecule has 1 heterocycles. The Morgan fingerprint density at radius 2 is 2.38 bits per heavy atom. The molecule has 2 rings (SSSR count). The number of rotatable bonds is 5. The van der Waals surface area contributed by atoms with Crippen LogP contribution in [-0.4, -0.2) is 33.5 Å². The van der Waals surface area contributed by atoms with Crippen LogP contribution in [0.1, 0.15) is 35.8 Å². The molecule has 0 atom stereocenters.